The minimum absolute atomic E-state index is 0.333. The second-order valence-corrected chi connectivity index (χ2v) is 6.89. The Hall–Kier alpha value is -2.84. The van der Waals surface area contributed by atoms with Crippen molar-refractivity contribution in [2.24, 2.45) is 0 Å². The van der Waals surface area contributed by atoms with Crippen molar-refractivity contribution in [3.8, 4) is 5.75 Å². The molecule has 2 nitrogen and oxygen atoms in total. The summed E-state index contributed by atoms with van der Waals surface area (Å²) in [7, 11) is 1.70. The van der Waals surface area contributed by atoms with Gasteiger partial charge in [0.2, 0.25) is 0 Å². The molecule has 0 heterocycles. The van der Waals surface area contributed by atoms with E-state index in [0.29, 0.717) is 6.04 Å². The molecule has 0 saturated carbocycles. The molecule has 0 saturated heterocycles. The molecule has 0 fully saturated rings. The number of rotatable bonds is 8. The third kappa shape index (κ3) is 4.90. The van der Waals surface area contributed by atoms with E-state index in [1.807, 2.05) is 12.1 Å². The van der Waals surface area contributed by atoms with Gasteiger partial charge in [-0.1, -0.05) is 85.8 Å². The van der Waals surface area contributed by atoms with Crippen molar-refractivity contribution in [2.45, 2.75) is 19.9 Å². The Balaban J connectivity index is 1.85. The van der Waals surface area contributed by atoms with E-state index in [9.17, 15) is 0 Å². The summed E-state index contributed by atoms with van der Waals surface area (Å²) in [6.07, 6.45) is 2.36. The lowest BCUT2D eigenvalue weighted by Crippen LogP contribution is -2.27. The predicted octanol–water partition coefficient (Wildman–Crippen LogP) is 6.21. The summed E-state index contributed by atoms with van der Waals surface area (Å²) in [5.41, 5.74) is 5.09. The van der Waals surface area contributed by atoms with Gasteiger partial charge in [0.25, 0.3) is 0 Å². The van der Waals surface area contributed by atoms with Crippen molar-refractivity contribution in [1.82, 2.24) is 4.90 Å². The average molecular weight is 372 g/mol. The second kappa shape index (κ2) is 9.91. The summed E-state index contributed by atoms with van der Waals surface area (Å²) in [6, 6.07) is 30.0. The smallest absolute Gasteiger partial charge is 0.118 e. The van der Waals surface area contributed by atoms with Crippen LogP contribution >= 0.6 is 0 Å². The van der Waals surface area contributed by atoms with Crippen molar-refractivity contribution in [1.29, 1.82) is 0 Å². The Morgan fingerprint density at radius 2 is 1.39 bits per heavy atom. The van der Waals surface area contributed by atoms with Gasteiger partial charge in [-0.05, 0) is 47.9 Å². The fourth-order valence-corrected chi connectivity index (χ4v) is 3.50. The first-order valence-corrected chi connectivity index (χ1v) is 9.92. The van der Waals surface area contributed by atoms with Gasteiger partial charge in [0, 0.05) is 12.6 Å². The van der Waals surface area contributed by atoms with Gasteiger partial charge in [0.1, 0.15) is 5.75 Å². The highest BCUT2D eigenvalue weighted by Crippen LogP contribution is 2.26. The second-order valence-electron chi connectivity index (χ2n) is 6.89. The van der Waals surface area contributed by atoms with Crippen LogP contribution in [-0.4, -0.2) is 25.1 Å². The normalized spacial score (nSPS) is 11.9. The summed E-state index contributed by atoms with van der Waals surface area (Å²) in [4.78, 5) is 2.48. The van der Waals surface area contributed by atoms with E-state index in [4.69, 9.17) is 4.74 Å². The summed E-state index contributed by atoms with van der Waals surface area (Å²) in [5.74, 6) is 0.898. The van der Waals surface area contributed by atoms with Gasteiger partial charge >= 0.3 is 0 Å². The van der Waals surface area contributed by atoms with E-state index < -0.39 is 0 Å². The zero-order valence-corrected chi connectivity index (χ0v) is 17.0. The van der Waals surface area contributed by atoms with Gasteiger partial charge in [0.15, 0.2) is 0 Å². The summed E-state index contributed by atoms with van der Waals surface area (Å²) in [5, 5.41) is 0. The van der Waals surface area contributed by atoms with Crippen molar-refractivity contribution in [2.75, 3.05) is 20.2 Å². The molecular weight excluding hydrogens is 342 g/mol. The highest BCUT2D eigenvalue weighted by atomic mass is 16.5. The zero-order valence-electron chi connectivity index (χ0n) is 17.0. The molecule has 3 aromatic carbocycles. The lowest BCUT2D eigenvalue weighted by Gasteiger charge is -2.27. The first-order valence-electron chi connectivity index (χ1n) is 9.92. The van der Waals surface area contributed by atoms with Crippen LogP contribution in [0.3, 0.4) is 0 Å². The van der Waals surface area contributed by atoms with E-state index in [-0.39, 0.29) is 0 Å². The first kappa shape index (κ1) is 19.9. The van der Waals surface area contributed by atoms with E-state index in [1.54, 1.807) is 7.11 Å². The van der Waals surface area contributed by atoms with Crippen LogP contribution in [0.2, 0.25) is 0 Å². The van der Waals surface area contributed by atoms with Crippen LogP contribution in [0.15, 0.2) is 91.0 Å². The zero-order chi connectivity index (χ0) is 19.8. The Kier molecular flexibility index (Phi) is 7.05. The Labute approximate surface area is 169 Å². The predicted molar refractivity (Wildman–Crippen MR) is 119 cm³/mol. The molecule has 0 amide bonds. The Bertz CT molecular complexity index is 828. The lowest BCUT2D eigenvalue weighted by molar-refractivity contribution is 0.247. The average Bonchev–Trinajstić information content (AvgIpc) is 2.78. The third-order valence-corrected chi connectivity index (χ3v) is 5.25. The van der Waals surface area contributed by atoms with Gasteiger partial charge in [-0.3, -0.25) is 4.90 Å². The summed E-state index contributed by atoms with van der Waals surface area (Å²) in [6.45, 7) is 6.37. The third-order valence-electron chi connectivity index (χ3n) is 5.25. The van der Waals surface area contributed by atoms with Crippen molar-refractivity contribution >= 4 is 5.57 Å². The quantitative estimate of drug-likeness (QED) is 0.467. The number of methoxy groups -OCH3 is 1. The molecule has 0 aliphatic carbocycles. The Morgan fingerprint density at radius 3 is 1.86 bits per heavy atom. The van der Waals surface area contributed by atoms with Gasteiger partial charge in [0.05, 0.1) is 7.11 Å². The molecule has 0 aromatic heterocycles. The van der Waals surface area contributed by atoms with Gasteiger partial charge < -0.3 is 4.74 Å². The van der Waals surface area contributed by atoms with Crippen LogP contribution in [-0.2, 0) is 0 Å². The van der Waals surface area contributed by atoms with Crippen molar-refractivity contribution < 1.29 is 4.74 Å². The van der Waals surface area contributed by atoms with Crippen LogP contribution in [0.5, 0.6) is 5.75 Å². The number of nitrogens with zero attached hydrogens (tertiary/aromatic N) is 1. The minimum atomic E-state index is 0.333. The number of benzene rings is 3. The molecule has 3 aromatic rings. The lowest BCUT2D eigenvalue weighted by atomic mass is 9.97. The van der Waals surface area contributed by atoms with Crippen LogP contribution in [0.25, 0.3) is 5.57 Å². The maximum absolute atomic E-state index is 5.29. The molecule has 0 spiro atoms. The maximum Gasteiger partial charge on any atom is 0.118 e. The van der Waals surface area contributed by atoms with Crippen LogP contribution in [0.1, 0.15) is 36.6 Å². The maximum atomic E-state index is 5.29. The van der Waals surface area contributed by atoms with Gasteiger partial charge in [-0.2, -0.15) is 0 Å². The van der Waals surface area contributed by atoms with Crippen LogP contribution in [0, 0.1) is 0 Å². The first-order chi connectivity index (χ1) is 13.7. The SMILES string of the molecule is CCN(CC=C(c1ccccc1)c1ccccc1)[C@H](C)c1ccc(OC)cc1. The van der Waals surface area contributed by atoms with E-state index in [2.05, 4.69) is 97.6 Å². The molecule has 144 valence electrons. The minimum Gasteiger partial charge on any atom is -0.497 e. The molecule has 2 heteroatoms. The topological polar surface area (TPSA) is 12.5 Å². The highest BCUT2D eigenvalue weighted by Gasteiger charge is 2.14. The molecule has 0 radical (unpaired) electrons. The molecule has 0 aliphatic rings. The molecule has 0 aliphatic heterocycles. The number of ether oxygens (including phenoxy) is 1. The van der Waals surface area contributed by atoms with Crippen LogP contribution < -0.4 is 4.74 Å². The molecule has 3 rings (SSSR count). The fraction of sp³-hybridized carbons (Fsp3) is 0.231. The molecule has 0 N–H and O–H groups in total. The molecule has 0 bridgehead atoms. The van der Waals surface area contributed by atoms with Crippen LogP contribution in [0.4, 0.5) is 0 Å². The monoisotopic (exact) mass is 371 g/mol. The standard InChI is InChI=1S/C26H29NO/c1-4-27(21(2)22-15-17-25(28-3)18-16-22)20-19-26(23-11-7-5-8-12-23)24-13-9-6-10-14-24/h5-19,21H,4,20H2,1-3H3/t21-/m1/s1. The van der Waals surface area contributed by atoms with Gasteiger partial charge in [-0.25, -0.2) is 0 Å². The fourth-order valence-electron chi connectivity index (χ4n) is 3.50. The molecule has 28 heavy (non-hydrogen) atoms. The van der Waals surface area contributed by atoms with Crippen molar-refractivity contribution in [3.63, 3.8) is 0 Å². The van der Waals surface area contributed by atoms with E-state index in [0.717, 1.165) is 18.8 Å². The summed E-state index contributed by atoms with van der Waals surface area (Å²) < 4.78 is 5.29. The van der Waals surface area contributed by atoms with E-state index >= 15 is 0 Å². The van der Waals surface area contributed by atoms with Crippen molar-refractivity contribution in [3.05, 3.63) is 108 Å². The molecular formula is C26H29NO. The van der Waals surface area contributed by atoms with Gasteiger partial charge in [-0.15, -0.1) is 0 Å². The number of hydrogen-bond acceptors (Lipinski definition) is 2. The number of likely N-dealkylation sites (N-methyl/N-ethyl adjacent to an activating group) is 1. The highest BCUT2D eigenvalue weighted by molar-refractivity contribution is 5.79. The molecule has 1 atom stereocenters. The number of hydrogen-bond donors (Lipinski definition) is 0. The Morgan fingerprint density at radius 1 is 0.857 bits per heavy atom. The largest absolute Gasteiger partial charge is 0.497 e. The molecule has 0 unspecified atom stereocenters. The van der Waals surface area contributed by atoms with E-state index in [1.165, 1.54) is 22.3 Å². The summed E-state index contributed by atoms with van der Waals surface area (Å²) >= 11 is 0.